The van der Waals surface area contributed by atoms with Crippen LogP contribution in [0.2, 0.25) is 0 Å². The van der Waals surface area contributed by atoms with Gasteiger partial charge in [0.25, 0.3) is 0 Å². The molecule has 25 heavy (non-hydrogen) atoms. The summed E-state index contributed by atoms with van der Waals surface area (Å²) in [7, 11) is 1.70. The summed E-state index contributed by atoms with van der Waals surface area (Å²) in [6.07, 6.45) is -0.0762. The summed E-state index contributed by atoms with van der Waals surface area (Å²) in [5.41, 5.74) is 2.91. The third-order valence-electron chi connectivity index (χ3n) is 3.97. The van der Waals surface area contributed by atoms with Gasteiger partial charge < -0.3 is 19.9 Å². The van der Waals surface area contributed by atoms with Crippen LogP contribution in [0.15, 0.2) is 48.5 Å². The summed E-state index contributed by atoms with van der Waals surface area (Å²) in [5, 5.41) is 13.2. The number of methoxy groups -OCH3 is 1. The molecule has 0 saturated heterocycles. The predicted molar refractivity (Wildman–Crippen MR) is 101 cm³/mol. The number of aliphatic hydroxyl groups excluding tert-OH is 1. The van der Waals surface area contributed by atoms with E-state index in [4.69, 9.17) is 9.47 Å². The van der Waals surface area contributed by atoms with Gasteiger partial charge in [-0.05, 0) is 44.0 Å². The van der Waals surface area contributed by atoms with Crippen LogP contribution in [0.5, 0.6) is 5.75 Å². The Labute approximate surface area is 150 Å². The van der Waals surface area contributed by atoms with Crippen molar-refractivity contribution in [3.8, 4) is 5.75 Å². The summed E-state index contributed by atoms with van der Waals surface area (Å²) in [6, 6.07) is 15.9. The molecule has 4 nitrogen and oxygen atoms in total. The minimum atomic E-state index is -0.0762. The fraction of sp³-hybridized carbons (Fsp3) is 0.429. The second-order valence-corrected chi connectivity index (χ2v) is 7.15. The van der Waals surface area contributed by atoms with Gasteiger partial charge in [-0.15, -0.1) is 0 Å². The normalized spacial score (nSPS) is 12.8. The molecule has 0 radical (unpaired) electrons. The van der Waals surface area contributed by atoms with Crippen LogP contribution in [-0.2, 0) is 18.0 Å². The molecule has 0 aliphatic carbocycles. The molecule has 136 valence electrons. The van der Waals surface area contributed by atoms with Gasteiger partial charge in [0.15, 0.2) is 0 Å². The second-order valence-electron chi connectivity index (χ2n) is 7.15. The molecule has 2 N–H and O–H groups in total. The molecule has 0 spiro atoms. The molecule has 0 saturated carbocycles. The molecule has 2 aromatic rings. The Morgan fingerprint density at radius 2 is 1.80 bits per heavy atom. The van der Waals surface area contributed by atoms with Crippen LogP contribution in [0.4, 0.5) is 0 Å². The van der Waals surface area contributed by atoms with Crippen LogP contribution >= 0.6 is 0 Å². The van der Waals surface area contributed by atoms with Gasteiger partial charge in [-0.25, -0.2) is 0 Å². The van der Waals surface area contributed by atoms with Crippen LogP contribution in [-0.4, -0.2) is 24.3 Å². The first-order chi connectivity index (χ1) is 11.9. The van der Waals surface area contributed by atoms with Crippen molar-refractivity contribution in [2.24, 2.45) is 0 Å². The van der Waals surface area contributed by atoms with Crippen molar-refractivity contribution >= 4 is 0 Å². The van der Waals surface area contributed by atoms with E-state index in [1.165, 1.54) is 0 Å². The zero-order valence-electron chi connectivity index (χ0n) is 15.6. The van der Waals surface area contributed by atoms with Gasteiger partial charge in [-0.2, -0.15) is 0 Å². The molecule has 2 rings (SSSR count). The third kappa shape index (κ3) is 6.16. The van der Waals surface area contributed by atoms with Crippen LogP contribution < -0.4 is 10.1 Å². The average Bonchev–Trinajstić information content (AvgIpc) is 2.60. The van der Waals surface area contributed by atoms with Crippen molar-refractivity contribution in [3.63, 3.8) is 0 Å². The molecular formula is C21H29NO3. The second kappa shape index (κ2) is 8.99. The topological polar surface area (TPSA) is 50.7 Å². The Hall–Kier alpha value is -1.88. The molecule has 0 amide bonds. The van der Waals surface area contributed by atoms with Crippen LogP contribution in [0.3, 0.4) is 0 Å². The monoisotopic (exact) mass is 343 g/mol. The lowest BCUT2D eigenvalue weighted by Crippen LogP contribution is -2.38. The Bertz CT molecular complexity index is 650. The SMILES string of the molecule is COC(CNC(C)(C)C)c1ccc(OCc2ccccc2)c(CO)c1. The molecule has 0 aromatic heterocycles. The van der Waals surface area contributed by atoms with Crippen molar-refractivity contribution in [3.05, 3.63) is 65.2 Å². The van der Waals surface area contributed by atoms with Crippen LogP contribution in [0.1, 0.15) is 43.6 Å². The maximum Gasteiger partial charge on any atom is 0.125 e. The highest BCUT2D eigenvalue weighted by molar-refractivity contribution is 5.38. The highest BCUT2D eigenvalue weighted by Crippen LogP contribution is 2.26. The van der Waals surface area contributed by atoms with Gasteiger partial charge in [-0.1, -0.05) is 36.4 Å². The maximum absolute atomic E-state index is 9.72. The number of aliphatic hydroxyl groups is 1. The summed E-state index contributed by atoms with van der Waals surface area (Å²) < 4.78 is 11.5. The van der Waals surface area contributed by atoms with Gasteiger partial charge >= 0.3 is 0 Å². The molecule has 0 aliphatic rings. The van der Waals surface area contributed by atoms with Crippen molar-refractivity contribution in [2.45, 2.75) is 45.6 Å². The first-order valence-electron chi connectivity index (χ1n) is 8.61. The van der Waals surface area contributed by atoms with E-state index in [0.29, 0.717) is 18.9 Å². The quantitative estimate of drug-likeness (QED) is 0.765. The number of hydrogen-bond acceptors (Lipinski definition) is 4. The molecule has 0 aliphatic heterocycles. The summed E-state index contributed by atoms with van der Waals surface area (Å²) >= 11 is 0. The lowest BCUT2D eigenvalue weighted by molar-refractivity contribution is 0.0957. The standard InChI is InChI=1S/C21H29NO3/c1-21(2,3)22-13-20(24-4)17-10-11-19(18(12-17)14-23)25-15-16-8-6-5-7-9-16/h5-12,20,22-23H,13-15H2,1-4H3. The largest absolute Gasteiger partial charge is 0.489 e. The summed E-state index contributed by atoms with van der Waals surface area (Å²) in [5.74, 6) is 0.703. The maximum atomic E-state index is 9.72. The van der Waals surface area contributed by atoms with Crippen LogP contribution in [0.25, 0.3) is 0 Å². The number of hydrogen-bond donors (Lipinski definition) is 2. The average molecular weight is 343 g/mol. The molecule has 4 heteroatoms. The third-order valence-corrected chi connectivity index (χ3v) is 3.97. The molecule has 1 unspecified atom stereocenters. The zero-order chi connectivity index (χ0) is 18.3. The first-order valence-corrected chi connectivity index (χ1v) is 8.61. The highest BCUT2D eigenvalue weighted by Gasteiger charge is 2.17. The van der Waals surface area contributed by atoms with E-state index in [1.807, 2.05) is 48.5 Å². The number of benzene rings is 2. The molecule has 0 bridgehead atoms. The van der Waals surface area contributed by atoms with Crippen molar-refractivity contribution in [2.75, 3.05) is 13.7 Å². The van der Waals surface area contributed by atoms with E-state index in [0.717, 1.165) is 16.7 Å². The van der Waals surface area contributed by atoms with E-state index in [-0.39, 0.29) is 18.2 Å². The smallest absolute Gasteiger partial charge is 0.125 e. The Balaban J connectivity index is 2.09. The number of nitrogens with one attached hydrogen (secondary N) is 1. The molecule has 0 heterocycles. The molecular weight excluding hydrogens is 314 g/mol. The fourth-order valence-corrected chi connectivity index (χ4v) is 2.54. The summed E-state index contributed by atoms with van der Waals surface area (Å²) in [6.45, 7) is 7.49. The minimum absolute atomic E-state index is 0.0231. The van der Waals surface area contributed by atoms with Crippen molar-refractivity contribution in [1.29, 1.82) is 0 Å². The van der Waals surface area contributed by atoms with Crippen molar-refractivity contribution in [1.82, 2.24) is 5.32 Å². The Morgan fingerprint density at radius 3 is 2.40 bits per heavy atom. The summed E-state index contributed by atoms with van der Waals surface area (Å²) in [4.78, 5) is 0. The number of ether oxygens (including phenoxy) is 2. The predicted octanol–water partition coefficient (Wildman–Crippen LogP) is 3.83. The number of rotatable bonds is 8. The zero-order valence-corrected chi connectivity index (χ0v) is 15.6. The lowest BCUT2D eigenvalue weighted by atomic mass is 10.0. The fourth-order valence-electron chi connectivity index (χ4n) is 2.54. The van der Waals surface area contributed by atoms with Crippen LogP contribution in [0, 0.1) is 0 Å². The van der Waals surface area contributed by atoms with Gasteiger partial charge in [-0.3, -0.25) is 0 Å². The van der Waals surface area contributed by atoms with E-state index in [2.05, 4.69) is 26.1 Å². The minimum Gasteiger partial charge on any atom is -0.489 e. The van der Waals surface area contributed by atoms with Gasteiger partial charge in [0.05, 0.1) is 12.7 Å². The Morgan fingerprint density at radius 1 is 1.08 bits per heavy atom. The first kappa shape index (κ1) is 19.4. The van der Waals surface area contributed by atoms with E-state index >= 15 is 0 Å². The van der Waals surface area contributed by atoms with Gasteiger partial charge in [0, 0.05) is 24.8 Å². The molecule has 2 aromatic carbocycles. The van der Waals surface area contributed by atoms with E-state index in [1.54, 1.807) is 7.11 Å². The van der Waals surface area contributed by atoms with Gasteiger partial charge in [0.2, 0.25) is 0 Å². The lowest BCUT2D eigenvalue weighted by Gasteiger charge is -2.25. The van der Waals surface area contributed by atoms with Crippen molar-refractivity contribution < 1.29 is 14.6 Å². The Kier molecular flexibility index (Phi) is 7.00. The van der Waals surface area contributed by atoms with E-state index < -0.39 is 0 Å². The molecule has 1 atom stereocenters. The molecule has 0 fully saturated rings. The van der Waals surface area contributed by atoms with Gasteiger partial charge in [0.1, 0.15) is 12.4 Å². The van der Waals surface area contributed by atoms with E-state index in [9.17, 15) is 5.11 Å². The highest BCUT2D eigenvalue weighted by atomic mass is 16.5.